The average Bonchev–Trinajstić information content (AvgIpc) is 2.56. The first-order valence-corrected chi connectivity index (χ1v) is 8.52. The van der Waals surface area contributed by atoms with E-state index < -0.39 is 23.7 Å². The topological polar surface area (TPSA) is 122 Å². The van der Waals surface area contributed by atoms with E-state index in [2.05, 4.69) is 27.9 Å². The molecule has 0 fully saturated rings. The molecular formula is C14H19IN2O6. The molecule has 0 radical (unpaired) electrons. The SMILES string of the molecule is O=C(NCc1ccc(CO)c([N+](=O)[O-])c1)OCCCC(O)CI. The molecule has 1 atom stereocenters. The highest BCUT2D eigenvalue weighted by Gasteiger charge is 2.14. The fourth-order valence-electron chi connectivity index (χ4n) is 1.81. The number of nitro benzene ring substituents is 1. The Labute approximate surface area is 147 Å². The van der Waals surface area contributed by atoms with Gasteiger partial charge in [0.1, 0.15) is 0 Å². The molecule has 1 aromatic rings. The van der Waals surface area contributed by atoms with Crippen LogP contribution in [-0.4, -0.2) is 38.4 Å². The largest absolute Gasteiger partial charge is 0.450 e. The molecule has 0 aliphatic rings. The van der Waals surface area contributed by atoms with Crippen molar-refractivity contribution in [2.24, 2.45) is 0 Å². The minimum atomic E-state index is -0.622. The number of nitro groups is 1. The minimum Gasteiger partial charge on any atom is -0.450 e. The molecule has 0 heterocycles. The standard InChI is InChI=1S/C14H19IN2O6/c15-7-12(19)2-1-5-23-14(20)16-8-10-3-4-11(9-18)13(6-10)17(21)22/h3-4,6,12,18-19H,1-2,5,7-9H2,(H,16,20). The van der Waals surface area contributed by atoms with E-state index in [4.69, 9.17) is 9.84 Å². The Morgan fingerprint density at radius 2 is 2.22 bits per heavy atom. The van der Waals surface area contributed by atoms with Crippen molar-refractivity contribution in [2.75, 3.05) is 11.0 Å². The van der Waals surface area contributed by atoms with Crippen molar-refractivity contribution in [3.05, 3.63) is 39.4 Å². The number of nitrogens with one attached hydrogen (secondary N) is 1. The smallest absolute Gasteiger partial charge is 0.407 e. The van der Waals surface area contributed by atoms with E-state index in [1.807, 2.05) is 0 Å². The third-order valence-corrected chi connectivity index (χ3v) is 4.06. The van der Waals surface area contributed by atoms with Crippen LogP contribution < -0.4 is 5.32 Å². The van der Waals surface area contributed by atoms with Gasteiger partial charge in [0.15, 0.2) is 0 Å². The predicted molar refractivity (Wildman–Crippen MR) is 91.3 cm³/mol. The molecule has 9 heteroatoms. The zero-order chi connectivity index (χ0) is 17.2. The number of hydrogen-bond acceptors (Lipinski definition) is 6. The normalized spacial score (nSPS) is 11.8. The Bertz CT molecular complexity index is 540. The number of halogens is 1. The molecule has 23 heavy (non-hydrogen) atoms. The lowest BCUT2D eigenvalue weighted by atomic mass is 10.1. The van der Waals surface area contributed by atoms with E-state index in [1.54, 1.807) is 6.07 Å². The summed E-state index contributed by atoms with van der Waals surface area (Å²) in [4.78, 5) is 21.8. The van der Waals surface area contributed by atoms with E-state index in [9.17, 15) is 20.0 Å². The Hall–Kier alpha value is -1.46. The number of carbonyl (C=O) groups is 1. The van der Waals surface area contributed by atoms with E-state index in [1.165, 1.54) is 12.1 Å². The van der Waals surface area contributed by atoms with E-state index >= 15 is 0 Å². The second-order valence-corrected chi connectivity index (χ2v) is 5.70. The summed E-state index contributed by atoms with van der Waals surface area (Å²) in [7, 11) is 0. The molecule has 1 aromatic carbocycles. The van der Waals surface area contributed by atoms with Crippen molar-refractivity contribution in [3.8, 4) is 0 Å². The lowest BCUT2D eigenvalue weighted by molar-refractivity contribution is -0.385. The highest BCUT2D eigenvalue weighted by atomic mass is 127. The number of hydrogen-bond donors (Lipinski definition) is 3. The third kappa shape index (κ3) is 7.10. The summed E-state index contributed by atoms with van der Waals surface area (Å²) in [5.74, 6) is 0. The van der Waals surface area contributed by atoms with Gasteiger partial charge in [-0.2, -0.15) is 0 Å². The van der Waals surface area contributed by atoms with Gasteiger partial charge in [0.05, 0.1) is 29.8 Å². The van der Waals surface area contributed by atoms with Gasteiger partial charge in [0.2, 0.25) is 0 Å². The summed E-state index contributed by atoms with van der Waals surface area (Å²) in [6.07, 6.45) is 0.106. The molecule has 0 aliphatic carbocycles. The fraction of sp³-hybridized carbons (Fsp3) is 0.500. The number of benzene rings is 1. The van der Waals surface area contributed by atoms with Crippen molar-refractivity contribution in [1.82, 2.24) is 5.32 Å². The van der Waals surface area contributed by atoms with Crippen molar-refractivity contribution >= 4 is 34.4 Å². The second-order valence-electron chi connectivity index (χ2n) is 4.82. The minimum absolute atomic E-state index is 0.0851. The van der Waals surface area contributed by atoms with Crippen LogP contribution in [0.15, 0.2) is 18.2 Å². The maximum Gasteiger partial charge on any atom is 0.407 e. The van der Waals surface area contributed by atoms with E-state index in [0.717, 1.165) is 0 Å². The van der Waals surface area contributed by atoms with Gasteiger partial charge in [0.25, 0.3) is 5.69 Å². The van der Waals surface area contributed by atoms with Gasteiger partial charge in [-0.3, -0.25) is 10.1 Å². The van der Waals surface area contributed by atoms with Gasteiger partial charge < -0.3 is 20.3 Å². The maximum atomic E-state index is 11.5. The number of amides is 1. The lowest BCUT2D eigenvalue weighted by Crippen LogP contribution is -2.24. The van der Waals surface area contributed by atoms with Crippen LogP contribution in [0.25, 0.3) is 0 Å². The fourth-order valence-corrected chi connectivity index (χ4v) is 2.25. The van der Waals surface area contributed by atoms with E-state index in [-0.39, 0.29) is 24.4 Å². The van der Waals surface area contributed by atoms with Crippen LogP contribution in [0.3, 0.4) is 0 Å². The number of alkyl halides is 1. The summed E-state index contributed by atoms with van der Waals surface area (Å²) >= 11 is 2.08. The number of aliphatic hydroxyl groups is 2. The number of rotatable bonds is 9. The Morgan fingerprint density at radius 3 is 2.83 bits per heavy atom. The van der Waals surface area contributed by atoms with E-state index in [0.29, 0.717) is 22.8 Å². The Balaban J connectivity index is 2.41. The van der Waals surface area contributed by atoms with Crippen LogP contribution in [0, 0.1) is 10.1 Å². The summed E-state index contributed by atoms with van der Waals surface area (Å²) < 4.78 is 5.58. The molecule has 0 spiro atoms. The molecule has 0 saturated carbocycles. The molecule has 128 valence electrons. The molecule has 0 aliphatic heterocycles. The lowest BCUT2D eigenvalue weighted by Gasteiger charge is -2.09. The first-order chi connectivity index (χ1) is 11.0. The molecule has 0 bridgehead atoms. The molecular weight excluding hydrogens is 419 g/mol. The van der Waals surface area contributed by atoms with Gasteiger partial charge in [0, 0.05) is 17.0 Å². The van der Waals surface area contributed by atoms with Crippen molar-refractivity contribution in [3.63, 3.8) is 0 Å². The van der Waals surface area contributed by atoms with Crippen molar-refractivity contribution < 1.29 is 24.7 Å². The van der Waals surface area contributed by atoms with Gasteiger partial charge >= 0.3 is 6.09 Å². The third-order valence-electron chi connectivity index (χ3n) is 3.05. The molecule has 3 N–H and O–H groups in total. The quantitative estimate of drug-likeness (QED) is 0.178. The van der Waals surface area contributed by atoms with Crippen LogP contribution >= 0.6 is 22.6 Å². The van der Waals surface area contributed by atoms with Gasteiger partial charge in [-0.15, -0.1) is 0 Å². The van der Waals surface area contributed by atoms with Crippen LogP contribution in [0.2, 0.25) is 0 Å². The van der Waals surface area contributed by atoms with Crippen LogP contribution in [0.5, 0.6) is 0 Å². The van der Waals surface area contributed by atoms with Crippen molar-refractivity contribution in [1.29, 1.82) is 0 Å². The summed E-state index contributed by atoms with van der Waals surface area (Å²) in [5, 5.41) is 31.8. The summed E-state index contributed by atoms with van der Waals surface area (Å²) in [6, 6.07) is 4.35. The number of aliphatic hydroxyl groups excluding tert-OH is 2. The highest BCUT2D eigenvalue weighted by molar-refractivity contribution is 14.1. The highest BCUT2D eigenvalue weighted by Crippen LogP contribution is 2.20. The second kappa shape index (κ2) is 10.3. The van der Waals surface area contributed by atoms with Gasteiger partial charge in [-0.25, -0.2) is 4.79 Å². The first kappa shape index (κ1) is 19.6. The maximum absolute atomic E-state index is 11.5. The van der Waals surface area contributed by atoms with Crippen molar-refractivity contribution in [2.45, 2.75) is 32.1 Å². The number of carbonyl (C=O) groups excluding carboxylic acids is 1. The zero-order valence-electron chi connectivity index (χ0n) is 12.4. The number of nitrogens with zero attached hydrogens (tertiary/aromatic N) is 1. The molecule has 1 amide bonds. The van der Waals surface area contributed by atoms with Crippen LogP contribution in [0.1, 0.15) is 24.0 Å². The molecule has 1 unspecified atom stereocenters. The summed E-state index contributed by atoms with van der Waals surface area (Å²) in [5.41, 5.74) is 0.564. The Morgan fingerprint density at radius 1 is 1.48 bits per heavy atom. The number of alkyl carbamates (subject to hydrolysis) is 1. The van der Waals surface area contributed by atoms with Gasteiger partial charge in [-0.05, 0) is 24.5 Å². The van der Waals surface area contributed by atoms with Gasteiger partial charge in [-0.1, -0.05) is 28.7 Å². The van der Waals surface area contributed by atoms with Crippen LogP contribution in [0.4, 0.5) is 10.5 Å². The molecule has 0 aromatic heterocycles. The monoisotopic (exact) mass is 438 g/mol. The average molecular weight is 438 g/mol. The first-order valence-electron chi connectivity index (χ1n) is 6.99. The Kier molecular flexibility index (Phi) is 8.81. The molecule has 1 rings (SSSR count). The number of ether oxygens (including phenoxy) is 1. The zero-order valence-corrected chi connectivity index (χ0v) is 14.6. The molecule has 8 nitrogen and oxygen atoms in total. The summed E-state index contributed by atoms with van der Waals surface area (Å²) in [6.45, 7) is -0.139. The predicted octanol–water partition coefficient (Wildman–Crippen LogP) is 1.89. The molecule has 0 saturated heterocycles. The van der Waals surface area contributed by atoms with Crippen LogP contribution in [-0.2, 0) is 17.9 Å².